The average Bonchev–Trinajstić information content (AvgIpc) is 2.90. The second-order valence-electron chi connectivity index (χ2n) is 3.81. The van der Waals surface area contributed by atoms with Crippen molar-refractivity contribution in [1.82, 2.24) is 0 Å². The van der Waals surface area contributed by atoms with Crippen molar-refractivity contribution in [2.75, 3.05) is 7.11 Å². The van der Waals surface area contributed by atoms with Gasteiger partial charge in [-0.05, 0) is 18.2 Å². The predicted molar refractivity (Wildman–Crippen MR) is 66.7 cm³/mol. The van der Waals surface area contributed by atoms with E-state index in [1.54, 1.807) is 12.1 Å². The van der Waals surface area contributed by atoms with E-state index in [1.807, 2.05) is 18.2 Å². The maximum Gasteiger partial charge on any atom is 0.348 e. The fourth-order valence-corrected chi connectivity index (χ4v) is 1.99. The Balaban J connectivity index is 2.45. The molecule has 2 aromatic heterocycles. The number of methoxy groups -OCH3 is 1. The topological polar surface area (TPSA) is 52.6 Å². The summed E-state index contributed by atoms with van der Waals surface area (Å²) in [5.41, 5.74) is 1.09. The van der Waals surface area contributed by atoms with Crippen LogP contribution in [-0.2, 0) is 0 Å². The standard InChI is InChI=1S/C14H10O4/c1-16-13-10-4-2-3-5-11(10)18-14(15)12(13)9-6-7-17-8-9/h2-8H,1H3. The number of rotatable bonds is 2. The summed E-state index contributed by atoms with van der Waals surface area (Å²) < 4.78 is 15.6. The molecule has 0 aliphatic carbocycles. The normalized spacial score (nSPS) is 10.7. The highest BCUT2D eigenvalue weighted by Gasteiger charge is 2.17. The molecule has 0 aliphatic heterocycles. The molecule has 3 rings (SSSR count). The predicted octanol–water partition coefficient (Wildman–Crippen LogP) is 3.06. The van der Waals surface area contributed by atoms with Gasteiger partial charge in [0.15, 0.2) is 0 Å². The molecule has 4 nitrogen and oxygen atoms in total. The van der Waals surface area contributed by atoms with Gasteiger partial charge in [0.1, 0.15) is 16.9 Å². The van der Waals surface area contributed by atoms with E-state index >= 15 is 0 Å². The van der Waals surface area contributed by atoms with Gasteiger partial charge in [-0.1, -0.05) is 12.1 Å². The third-order valence-corrected chi connectivity index (χ3v) is 2.78. The molecule has 0 radical (unpaired) electrons. The monoisotopic (exact) mass is 242 g/mol. The Morgan fingerprint density at radius 3 is 2.72 bits per heavy atom. The van der Waals surface area contributed by atoms with E-state index in [9.17, 15) is 4.79 Å². The van der Waals surface area contributed by atoms with Crippen LogP contribution in [0.2, 0.25) is 0 Å². The Bertz CT molecular complexity index is 738. The van der Waals surface area contributed by atoms with Crippen molar-refractivity contribution in [1.29, 1.82) is 0 Å². The van der Waals surface area contributed by atoms with Crippen LogP contribution in [0.25, 0.3) is 22.1 Å². The minimum absolute atomic E-state index is 0.380. The van der Waals surface area contributed by atoms with Crippen LogP contribution in [0.5, 0.6) is 5.75 Å². The summed E-state index contributed by atoms with van der Waals surface area (Å²) >= 11 is 0. The molecule has 0 aliphatic rings. The maximum atomic E-state index is 12.0. The van der Waals surface area contributed by atoms with Gasteiger partial charge in [0.05, 0.1) is 25.0 Å². The fraction of sp³-hybridized carbons (Fsp3) is 0.0714. The number of furan rings is 1. The van der Waals surface area contributed by atoms with E-state index in [0.717, 1.165) is 5.39 Å². The molecule has 0 amide bonds. The SMILES string of the molecule is COc1c(-c2ccoc2)c(=O)oc2ccccc12. The van der Waals surface area contributed by atoms with E-state index in [4.69, 9.17) is 13.6 Å². The molecule has 3 aromatic rings. The van der Waals surface area contributed by atoms with Crippen molar-refractivity contribution in [2.45, 2.75) is 0 Å². The summed E-state index contributed by atoms with van der Waals surface area (Å²) in [6.07, 6.45) is 2.99. The molecular weight excluding hydrogens is 232 g/mol. The molecule has 1 aromatic carbocycles. The van der Waals surface area contributed by atoms with Crippen molar-refractivity contribution in [3.63, 3.8) is 0 Å². The summed E-state index contributed by atoms with van der Waals surface area (Å²) in [5.74, 6) is 0.503. The van der Waals surface area contributed by atoms with Crippen LogP contribution >= 0.6 is 0 Å². The van der Waals surface area contributed by atoms with E-state index in [-0.39, 0.29) is 0 Å². The summed E-state index contributed by atoms with van der Waals surface area (Å²) in [7, 11) is 1.53. The molecule has 0 N–H and O–H groups in total. The first-order chi connectivity index (χ1) is 8.81. The lowest BCUT2D eigenvalue weighted by atomic mass is 10.1. The molecule has 0 bridgehead atoms. The van der Waals surface area contributed by atoms with Crippen LogP contribution in [0.15, 0.2) is 56.5 Å². The number of para-hydroxylation sites is 1. The van der Waals surface area contributed by atoms with Crippen molar-refractivity contribution in [3.8, 4) is 16.9 Å². The third-order valence-electron chi connectivity index (χ3n) is 2.78. The largest absolute Gasteiger partial charge is 0.495 e. The Kier molecular flexibility index (Phi) is 2.41. The smallest absolute Gasteiger partial charge is 0.348 e. The van der Waals surface area contributed by atoms with E-state index in [1.165, 1.54) is 19.6 Å². The second-order valence-corrected chi connectivity index (χ2v) is 3.81. The fourth-order valence-electron chi connectivity index (χ4n) is 1.99. The molecule has 0 unspecified atom stereocenters. The first kappa shape index (κ1) is 10.7. The van der Waals surface area contributed by atoms with Gasteiger partial charge < -0.3 is 13.6 Å². The Hall–Kier alpha value is -2.49. The van der Waals surface area contributed by atoms with Crippen LogP contribution in [0.3, 0.4) is 0 Å². The second kappa shape index (κ2) is 4.07. The maximum absolute atomic E-state index is 12.0. The first-order valence-electron chi connectivity index (χ1n) is 5.43. The minimum Gasteiger partial charge on any atom is -0.495 e. The first-order valence-corrected chi connectivity index (χ1v) is 5.43. The van der Waals surface area contributed by atoms with Crippen LogP contribution in [0.4, 0.5) is 0 Å². The van der Waals surface area contributed by atoms with Gasteiger partial charge in [-0.2, -0.15) is 0 Å². The highest BCUT2D eigenvalue weighted by molar-refractivity contribution is 5.90. The van der Waals surface area contributed by atoms with Crippen LogP contribution < -0.4 is 10.4 Å². The van der Waals surface area contributed by atoms with Gasteiger partial charge in [-0.3, -0.25) is 0 Å². The Morgan fingerprint density at radius 1 is 1.17 bits per heavy atom. The Morgan fingerprint density at radius 2 is 2.00 bits per heavy atom. The molecule has 0 fully saturated rings. The quantitative estimate of drug-likeness (QED) is 0.648. The summed E-state index contributed by atoms with van der Waals surface area (Å²) in [6.45, 7) is 0. The van der Waals surface area contributed by atoms with Crippen LogP contribution in [0.1, 0.15) is 0 Å². The molecule has 0 atom stereocenters. The molecular formula is C14H10O4. The van der Waals surface area contributed by atoms with Gasteiger partial charge in [0.25, 0.3) is 0 Å². The van der Waals surface area contributed by atoms with Gasteiger partial charge in [0, 0.05) is 5.56 Å². The third kappa shape index (κ3) is 1.50. The summed E-state index contributed by atoms with van der Waals surface area (Å²) in [5, 5.41) is 0.760. The molecule has 0 saturated carbocycles. The van der Waals surface area contributed by atoms with Crippen molar-refractivity contribution in [2.24, 2.45) is 0 Å². The van der Waals surface area contributed by atoms with Crippen molar-refractivity contribution >= 4 is 11.0 Å². The van der Waals surface area contributed by atoms with Crippen molar-refractivity contribution in [3.05, 3.63) is 53.3 Å². The molecule has 0 spiro atoms. The van der Waals surface area contributed by atoms with Gasteiger partial charge in [-0.15, -0.1) is 0 Å². The average molecular weight is 242 g/mol. The minimum atomic E-state index is -0.438. The number of benzene rings is 1. The van der Waals surface area contributed by atoms with E-state index in [2.05, 4.69) is 0 Å². The number of ether oxygens (including phenoxy) is 1. The lowest BCUT2D eigenvalue weighted by molar-refractivity contribution is 0.415. The lowest BCUT2D eigenvalue weighted by Crippen LogP contribution is -2.05. The number of hydrogen-bond donors (Lipinski definition) is 0. The molecule has 90 valence electrons. The highest BCUT2D eigenvalue weighted by Crippen LogP contribution is 2.33. The van der Waals surface area contributed by atoms with Gasteiger partial charge in [-0.25, -0.2) is 4.79 Å². The van der Waals surface area contributed by atoms with E-state index in [0.29, 0.717) is 22.5 Å². The summed E-state index contributed by atoms with van der Waals surface area (Å²) in [4.78, 5) is 12.0. The zero-order valence-electron chi connectivity index (χ0n) is 9.67. The van der Waals surface area contributed by atoms with Crippen molar-refractivity contribution < 1.29 is 13.6 Å². The van der Waals surface area contributed by atoms with E-state index < -0.39 is 5.63 Å². The summed E-state index contributed by atoms with van der Waals surface area (Å²) in [6, 6.07) is 8.95. The van der Waals surface area contributed by atoms with Gasteiger partial charge >= 0.3 is 5.63 Å². The molecule has 0 saturated heterocycles. The Labute approximate surface area is 102 Å². The lowest BCUT2D eigenvalue weighted by Gasteiger charge is -2.08. The number of fused-ring (bicyclic) bond motifs is 1. The molecule has 2 heterocycles. The van der Waals surface area contributed by atoms with Crippen LogP contribution in [0, 0.1) is 0 Å². The number of hydrogen-bond acceptors (Lipinski definition) is 4. The zero-order chi connectivity index (χ0) is 12.5. The molecule has 4 heteroatoms. The zero-order valence-corrected chi connectivity index (χ0v) is 9.67. The van der Waals surface area contributed by atoms with Crippen LogP contribution in [-0.4, -0.2) is 7.11 Å². The molecule has 18 heavy (non-hydrogen) atoms. The van der Waals surface area contributed by atoms with Gasteiger partial charge in [0.2, 0.25) is 0 Å². The highest BCUT2D eigenvalue weighted by atomic mass is 16.5.